The van der Waals surface area contributed by atoms with Gasteiger partial charge in [0.2, 0.25) is 0 Å². The second-order valence-electron chi connectivity index (χ2n) is 3.59. The fourth-order valence-electron chi connectivity index (χ4n) is 1.24. The fourth-order valence-corrected chi connectivity index (χ4v) is 1.42. The monoisotopic (exact) mass is 264 g/mol. The Labute approximate surface area is 103 Å². The first-order valence-corrected chi connectivity index (χ1v) is 5.43. The fraction of sp³-hybridized carbons (Fsp3) is 0.455. The van der Waals surface area contributed by atoms with Crippen LogP contribution in [0, 0.1) is 0 Å². The van der Waals surface area contributed by atoms with Crippen molar-refractivity contribution in [2.24, 2.45) is 9.98 Å². The molecule has 0 saturated carbocycles. The maximum absolute atomic E-state index is 12.2. The molecule has 1 heterocycles. The first-order chi connectivity index (χ1) is 7.80. The molecule has 2 nitrogen and oxygen atoms in total. The van der Waals surface area contributed by atoms with Crippen LogP contribution < -0.4 is 0 Å². The van der Waals surface area contributed by atoms with Crippen LogP contribution in [0.25, 0.3) is 0 Å². The molecule has 0 radical (unpaired) electrons. The molecule has 0 saturated heterocycles. The lowest BCUT2D eigenvalue weighted by Gasteiger charge is -2.07. The van der Waals surface area contributed by atoms with Crippen molar-refractivity contribution in [2.45, 2.75) is 31.4 Å². The lowest BCUT2D eigenvalue weighted by molar-refractivity contribution is -0.0919. The molecule has 94 valence electrons. The van der Waals surface area contributed by atoms with Crippen LogP contribution >= 0.6 is 11.6 Å². The van der Waals surface area contributed by atoms with E-state index in [1.54, 1.807) is 6.08 Å². The molecular formula is C11H12ClF3N2. The Bertz CT molecular complexity index is 394. The van der Waals surface area contributed by atoms with Crippen LogP contribution in [0.2, 0.25) is 0 Å². The number of allylic oxidation sites excluding steroid dienone is 3. The Hall–Kier alpha value is -1.10. The van der Waals surface area contributed by atoms with E-state index in [-0.39, 0.29) is 11.2 Å². The third kappa shape index (κ3) is 4.34. The van der Waals surface area contributed by atoms with Crippen molar-refractivity contribution in [3.05, 3.63) is 23.9 Å². The highest BCUT2D eigenvalue weighted by Gasteiger charge is 2.32. The van der Waals surface area contributed by atoms with Gasteiger partial charge < -0.3 is 0 Å². The van der Waals surface area contributed by atoms with Crippen LogP contribution in [0.1, 0.15) is 19.8 Å². The predicted molar refractivity (Wildman–Crippen MR) is 63.8 cm³/mol. The minimum atomic E-state index is -4.50. The van der Waals surface area contributed by atoms with Crippen molar-refractivity contribution in [2.75, 3.05) is 0 Å². The van der Waals surface area contributed by atoms with Gasteiger partial charge in [-0.05, 0) is 19.8 Å². The highest BCUT2D eigenvalue weighted by Crippen LogP contribution is 2.25. The van der Waals surface area contributed by atoms with Gasteiger partial charge in [-0.3, -0.25) is 4.99 Å². The van der Waals surface area contributed by atoms with E-state index in [1.807, 2.05) is 0 Å². The lowest BCUT2D eigenvalue weighted by Crippen LogP contribution is -2.11. The van der Waals surface area contributed by atoms with Gasteiger partial charge in [0.15, 0.2) is 0 Å². The molecule has 1 aliphatic rings. The van der Waals surface area contributed by atoms with Crippen molar-refractivity contribution in [3.8, 4) is 0 Å². The third-order valence-electron chi connectivity index (χ3n) is 2.19. The number of halogens is 4. The summed E-state index contributed by atoms with van der Waals surface area (Å²) in [5, 5.41) is 0. The largest absolute Gasteiger partial charge is 0.432 e. The van der Waals surface area contributed by atoms with Crippen molar-refractivity contribution < 1.29 is 13.2 Å². The Kier molecular flexibility index (Phi) is 4.51. The van der Waals surface area contributed by atoms with Gasteiger partial charge in [0.05, 0.1) is 0 Å². The molecule has 1 unspecified atom stereocenters. The molecule has 0 aliphatic carbocycles. The van der Waals surface area contributed by atoms with Gasteiger partial charge in [-0.15, -0.1) is 0 Å². The van der Waals surface area contributed by atoms with E-state index < -0.39 is 11.9 Å². The molecule has 0 bridgehead atoms. The molecular weight excluding hydrogens is 253 g/mol. The first-order valence-electron chi connectivity index (χ1n) is 5.00. The summed E-state index contributed by atoms with van der Waals surface area (Å²) in [6.07, 6.45) is 0.0458. The molecule has 6 heteroatoms. The third-order valence-corrected chi connectivity index (χ3v) is 2.52. The summed E-state index contributed by atoms with van der Waals surface area (Å²) in [6, 6.07) is 0. The van der Waals surface area contributed by atoms with E-state index in [0.29, 0.717) is 18.4 Å². The second kappa shape index (κ2) is 5.49. The highest BCUT2D eigenvalue weighted by atomic mass is 35.5. The molecule has 0 spiro atoms. The number of aliphatic imine (C=N–C) groups is 2. The van der Waals surface area contributed by atoms with E-state index in [1.165, 1.54) is 13.1 Å². The van der Waals surface area contributed by atoms with Crippen LogP contribution in [0.3, 0.4) is 0 Å². The average molecular weight is 265 g/mol. The van der Waals surface area contributed by atoms with Crippen LogP contribution in [-0.2, 0) is 0 Å². The second-order valence-corrected chi connectivity index (χ2v) is 4.09. The molecule has 0 fully saturated rings. The van der Waals surface area contributed by atoms with E-state index in [9.17, 15) is 13.2 Å². The van der Waals surface area contributed by atoms with Crippen molar-refractivity contribution in [1.82, 2.24) is 0 Å². The molecule has 0 N–H and O–H groups in total. The zero-order chi connectivity index (χ0) is 13.1. The number of alkyl halides is 4. The maximum atomic E-state index is 12.2. The molecule has 0 amide bonds. The number of hydrogen-bond donors (Lipinski definition) is 0. The van der Waals surface area contributed by atoms with Gasteiger partial charge in [0.1, 0.15) is 11.2 Å². The zero-order valence-corrected chi connectivity index (χ0v) is 10.0. The van der Waals surface area contributed by atoms with Gasteiger partial charge in [-0.25, -0.2) is 4.99 Å². The quantitative estimate of drug-likeness (QED) is 0.411. The minimum Gasteiger partial charge on any atom is -0.273 e. The molecule has 1 atom stereocenters. The Morgan fingerprint density at radius 1 is 1.59 bits per heavy atom. The Morgan fingerprint density at radius 2 is 2.24 bits per heavy atom. The first kappa shape index (κ1) is 14.0. The van der Waals surface area contributed by atoms with Crippen molar-refractivity contribution >= 4 is 23.5 Å². The minimum absolute atomic E-state index is 0.238. The van der Waals surface area contributed by atoms with Gasteiger partial charge in [-0.1, -0.05) is 24.3 Å². The lowest BCUT2D eigenvalue weighted by atomic mass is 10.1. The summed E-state index contributed by atoms with van der Waals surface area (Å²) < 4.78 is 36.7. The van der Waals surface area contributed by atoms with Crippen LogP contribution in [0.15, 0.2) is 33.9 Å². The summed E-state index contributed by atoms with van der Waals surface area (Å²) in [6.45, 7) is 4.38. The smallest absolute Gasteiger partial charge is 0.273 e. The molecule has 1 rings (SSSR count). The van der Waals surface area contributed by atoms with E-state index in [0.717, 1.165) is 0 Å². The Morgan fingerprint density at radius 3 is 2.82 bits per heavy atom. The molecule has 1 aliphatic heterocycles. The van der Waals surface area contributed by atoms with Crippen molar-refractivity contribution in [3.63, 3.8) is 0 Å². The topological polar surface area (TPSA) is 24.7 Å². The average Bonchev–Trinajstić information content (AvgIpc) is 2.41. The SMILES string of the molecule is C=C(/N=C(\C)C1=CCCC(Cl)N=C1)C(F)(F)F. The Balaban J connectivity index is 2.86. The van der Waals surface area contributed by atoms with Gasteiger partial charge in [-0.2, -0.15) is 13.2 Å². The normalized spacial score (nSPS) is 22.1. The van der Waals surface area contributed by atoms with Crippen LogP contribution in [0.4, 0.5) is 13.2 Å². The van der Waals surface area contributed by atoms with Crippen LogP contribution in [-0.4, -0.2) is 23.6 Å². The van der Waals surface area contributed by atoms with E-state index >= 15 is 0 Å². The summed E-state index contributed by atoms with van der Waals surface area (Å²) in [7, 11) is 0. The number of rotatable bonds is 2. The molecule has 17 heavy (non-hydrogen) atoms. The van der Waals surface area contributed by atoms with Gasteiger partial charge >= 0.3 is 6.18 Å². The summed E-state index contributed by atoms with van der Waals surface area (Å²) in [5.41, 5.74) is -0.654. The maximum Gasteiger partial charge on any atom is 0.432 e. The molecule has 0 aromatic heterocycles. The van der Waals surface area contributed by atoms with E-state index in [2.05, 4.69) is 16.6 Å². The summed E-state index contributed by atoms with van der Waals surface area (Å²) in [5.74, 6) is 0. The summed E-state index contributed by atoms with van der Waals surface area (Å²) >= 11 is 5.80. The van der Waals surface area contributed by atoms with Gasteiger partial charge in [0.25, 0.3) is 0 Å². The number of nitrogens with zero attached hydrogens (tertiary/aromatic N) is 2. The summed E-state index contributed by atoms with van der Waals surface area (Å²) in [4.78, 5) is 7.41. The van der Waals surface area contributed by atoms with Crippen molar-refractivity contribution in [1.29, 1.82) is 0 Å². The number of hydrogen-bond acceptors (Lipinski definition) is 2. The standard InChI is InChI=1S/C11H12ClF3N2/c1-7(17-8(2)11(13,14)15)9-4-3-5-10(12)16-6-9/h4,6,10H,2-3,5H2,1H3/b17-7+. The van der Waals surface area contributed by atoms with Crippen LogP contribution in [0.5, 0.6) is 0 Å². The molecule has 0 aromatic carbocycles. The van der Waals surface area contributed by atoms with Gasteiger partial charge in [0, 0.05) is 17.5 Å². The molecule has 0 aromatic rings. The highest BCUT2D eigenvalue weighted by molar-refractivity contribution is 6.22. The predicted octanol–water partition coefficient (Wildman–Crippen LogP) is 3.88. The zero-order valence-electron chi connectivity index (χ0n) is 9.26. The van der Waals surface area contributed by atoms with E-state index in [4.69, 9.17) is 11.6 Å².